The average Bonchev–Trinajstić information content (AvgIpc) is 2.84. The van der Waals surface area contributed by atoms with Crippen LogP contribution in [0.3, 0.4) is 0 Å². The number of carboxylic acid groups (broad SMARTS) is 2. The van der Waals surface area contributed by atoms with Crippen LogP contribution in [0, 0.1) is 5.41 Å². The van der Waals surface area contributed by atoms with E-state index >= 15 is 0 Å². The highest BCUT2D eigenvalue weighted by Crippen LogP contribution is 2.30. The molecular formula is C33H52O6. The summed E-state index contributed by atoms with van der Waals surface area (Å²) in [5.41, 5.74) is 2.77. The molecule has 2 rings (SSSR count). The Morgan fingerprint density at radius 1 is 0.590 bits per heavy atom. The molecule has 0 spiro atoms. The highest BCUT2D eigenvalue weighted by Gasteiger charge is 2.34. The van der Waals surface area contributed by atoms with Crippen molar-refractivity contribution < 1.29 is 30.0 Å². The first-order valence-corrected chi connectivity index (χ1v) is 13.8. The third-order valence-corrected chi connectivity index (χ3v) is 6.84. The van der Waals surface area contributed by atoms with Gasteiger partial charge in [-0.3, -0.25) is 0 Å². The lowest BCUT2D eigenvalue weighted by Crippen LogP contribution is -2.40. The highest BCUT2D eigenvalue weighted by molar-refractivity contribution is 5.88. The Morgan fingerprint density at radius 3 is 1.03 bits per heavy atom. The van der Waals surface area contributed by atoms with Gasteiger partial charge in [0, 0.05) is 5.41 Å². The van der Waals surface area contributed by atoms with E-state index in [-0.39, 0.29) is 28.5 Å². The van der Waals surface area contributed by atoms with E-state index in [0.717, 1.165) is 36.8 Å². The number of aliphatic hydroxyl groups excluding tert-OH is 2. The number of carboxylic acids is 2. The second-order valence-electron chi connectivity index (χ2n) is 12.7. The zero-order chi connectivity index (χ0) is 30.6. The van der Waals surface area contributed by atoms with Crippen LogP contribution in [-0.4, -0.2) is 44.6 Å². The fraction of sp³-hybridized carbons (Fsp3) is 0.576. The van der Waals surface area contributed by atoms with Crippen LogP contribution < -0.4 is 0 Å². The van der Waals surface area contributed by atoms with Gasteiger partial charge in [-0.15, -0.1) is 0 Å². The summed E-state index contributed by atoms with van der Waals surface area (Å²) in [5, 5.41) is 37.0. The van der Waals surface area contributed by atoms with Gasteiger partial charge in [0.15, 0.2) is 0 Å². The van der Waals surface area contributed by atoms with Gasteiger partial charge in [-0.25, -0.2) is 9.59 Å². The monoisotopic (exact) mass is 544 g/mol. The fourth-order valence-corrected chi connectivity index (χ4v) is 3.74. The average molecular weight is 545 g/mol. The van der Waals surface area contributed by atoms with E-state index < -0.39 is 11.9 Å². The normalized spacial score (nSPS) is 13.2. The summed E-state index contributed by atoms with van der Waals surface area (Å²) in [7, 11) is 0. The van der Waals surface area contributed by atoms with Gasteiger partial charge in [0.2, 0.25) is 0 Å². The Labute approximate surface area is 236 Å². The molecule has 0 bridgehead atoms. The molecule has 2 unspecified atom stereocenters. The van der Waals surface area contributed by atoms with E-state index in [1.54, 1.807) is 24.3 Å². The van der Waals surface area contributed by atoms with Gasteiger partial charge in [-0.1, -0.05) is 106 Å². The van der Waals surface area contributed by atoms with Crippen LogP contribution in [0.1, 0.15) is 127 Å². The van der Waals surface area contributed by atoms with Gasteiger partial charge in [0.05, 0.1) is 23.3 Å². The summed E-state index contributed by atoms with van der Waals surface area (Å²) in [6.45, 7) is 20.6. The molecule has 0 aliphatic carbocycles. The van der Waals surface area contributed by atoms with E-state index in [1.165, 1.54) is 0 Å². The fourth-order valence-electron chi connectivity index (χ4n) is 3.74. The van der Waals surface area contributed by atoms with Crippen LogP contribution in [-0.2, 0) is 10.8 Å². The maximum Gasteiger partial charge on any atom is 0.335 e. The minimum absolute atomic E-state index is 0.0804. The molecule has 0 amide bonds. The first-order valence-electron chi connectivity index (χ1n) is 13.8. The molecule has 0 aromatic heterocycles. The number of aromatic carboxylic acids is 2. The maximum absolute atomic E-state index is 10.6. The Hall–Kier alpha value is -2.70. The molecule has 6 heteroatoms. The second kappa shape index (κ2) is 15.8. The van der Waals surface area contributed by atoms with Crippen molar-refractivity contribution >= 4 is 11.9 Å². The van der Waals surface area contributed by atoms with Gasteiger partial charge < -0.3 is 20.4 Å². The van der Waals surface area contributed by atoms with Crippen molar-refractivity contribution in [3.05, 3.63) is 70.8 Å². The van der Waals surface area contributed by atoms with E-state index in [2.05, 4.69) is 41.5 Å². The lowest BCUT2D eigenvalue weighted by molar-refractivity contribution is -0.0541. The van der Waals surface area contributed by atoms with Crippen LogP contribution in [0.2, 0.25) is 0 Å². The molecule has 2 atom stereocenters. The topological polar surface area (TPSA) is 115 Å². The SMILES string of the molecule is CC(C)(C)c1ccc(C(=O)O)cc1.CC(C)(C)c1ccc(C(=O)O)cc1.CCCC(O)C(C)(C)C(O)CCC. The highest BCUT2D eigenvalue weighted by atomic mass is 16.4. The van der Waals surface area contributed by atoms with E-state index in [9.17, 15) is 19.8 Å². The molecule has 0 radical (unpaired) electrons. The zero-order valence-corrected chi connectivity index (χ0v) is 25.7. The van der Waals surface area contributed by atoms with Crippen LogP contribution in [0.5, 0.6) is 0 Å². The zero-order valence-electron chi connectivity index (χ0n) is 25.7. The molecule has 2 aromatic rings. The predicted octanol–water partition coefficient (Wildman–Crippen LogP) is 7.70. The third-order valence-electron chi connectivity index (χ3n) is 6.84. The first-order chi connectivity index (χ1) is 17.8. The molecule has 2 aromatic carbocycles. The molecule has 220 valence electrons. The van der Waals surface area contributed by atoms with Crippen molar-refractivity contribution in [1.29, 1.82) is 0 Å². The van der Waals surface area contributed by atoms with Crippen molar-refractivity contribution in [2.24, 2.45) is 5.41 Å². The van der Waals surface area contributed by atoms with Gasteiger partial charge in [0.1, 0.15) is 0 Å². The van der Waals surface area contributed by atoms with Crippen molar-refractivity contribution in [3.63, 3.8) is 0 Å². The van der Waals surface area contributed by atoms with E-state index in [1.807, 2.05) is 52.0 Å². The quantitative estimate of drug-likeness (QED) is 0.271. The molecule has 0 saturated heterocycles. The smallest absolute Gasteiger partial charge is 0.335 e. The minimum atomic E-state index is -0.875. The van der Waals surface area contributed by atoms with E-state index in [4.69, 9.17) is 10.2 Å². The van der Waals surface area contributed by atoms with Gasteiger partial charge >= 0.3 is 11.9 Å². The van der Waals surface area contributed by atoms with E-state index in [0.29, 0.717) is 11.1 Å². The van der Waals surface area contributed by atoms with Gasteiger partial charge in [-0.05, 0) is 59.1 Å². The summed E-state index contributed by atoms with van der Waals surface area (Å²) in [4.78, 5) is 21.1. The van der Waals surface area contributed by atoms with Crippen molar-refractivity contribution in [2.75, 3.05) is 0 Å². The molecular weight excluding hydrogens is 492 g/mol. The molecule has 0 heterocycles. The molecule has 4 N–H and O–H groups in total. The predicted molar refractivity (Wildman–Crippen MR) is 160 cm³/mol. The number of hydrogen-bond acceptors (Lipinski definition) is 4. The Morgan fingerprint density at radius 2 is 0.846 bits per heavy atom. The summed E-state index contributed by atoms with van der Waals surface area (Å²) in [5.74, 6) is -1.75. The van der Waals surface area contributed by atoms with Crippen molar-refractivity contribution in [3.8, 4) is 0 Å². The molecule has 6 nitrogen and oxygen atoms in total. The summed E-state index contributed by atoms with van der Waals surface area (Å²) in [6.07, 6.45) is 2.69. The molecule has 39 heavy (non-hydrogen) atoms. The van der Waals surface area contributed by atoms with Gasteiger partial charge in [0.25, 0.3) is 0 Å². The van der Waals surface area contributed by atoms with Crippen LogP contribution >= 0.6 is 0 Å². The largest absolute Gasteiger partial charge is 0.478 e. The lowest BCUT2D eigenvalue weighted by atomic mass is 9.77. The number of benzene rings is 2. The molecule has 0 fully saturated rings. The van der Waals surface area contributed by atoms with Crippen LogP contribution in [0.4, 0.5) is 0 Å². The number of hydrogen-bond donors (Lipinski definition) is 4. The molecule has 0 aliphatic heterocycles. The Balaban J connectivity index is 0.000000555. The number of aliphatic hydroxyl groups is 2. The number of carbonyl (C=O) groups is 2. The summed E-state index contributed by atoms with van der Waals surface area (Å²) < 4.78 is 0. The van der Waals surface area contributed by atoms with Crippen LogP contribution in [0.25, 0.3) is 0 Å². The summed E-state index contributed by atoms with van der Waals surface area (Å²) in [6, 6.07) is 14.0. The first kappa shape index (κ1) is 36.3. The number of rotatable bonds is 8. The Bertz CT molecular complexity index is 911. The third kappa shape index (κ3) is 12.8. The molecule has 0 aliphatic rings. The second-order valence-corrected chi connectivity index (χ2v) is 12.7. The summed E-state index contributed by atoms with van der Waals surface area (Å²) >= 11 is 0. The van der Waals surface area contributed by atoms with Crippen molar-refractivity contribution in [2.45, 2.75) is 118 Å². The Kier molecular flexibility index (Phi) is 14.7. The lowest BCUT2D eigenvalue weighted by Gasteiger charge is -2.35. The maximum atomic E-state index is 10.6. The van der Waals surface area contributed by atoms with Gasteiger partial charge in [-0.2, -0.15) is 0 Å². The standard InChI is InChI=1S/2C11H14O2.C11H24O2/c2*1-11(2,3)9-6-4-8(5-7-9)10(12)13;1-5-7-9(12)11(3,4)10(13)8-6-2/h2*4-7H,1-3H3,(H,12,13);9-10,12-13H,5-8H2,1-4H3. The minimum Gasteiger partial charge on any atom is -0.478 e. The molecule has 0 saturated carbocycles. The van der Waals surface area contributed by atoms with Crippen molar-refractivity contribution in [1.82, 2.24) is 0 Å². The van der Waals surface area contributed by atoms with Crippen LogP contribution in [0.15, 0.2) is 48.5 Å².